The van der Waals surface area contributed by atoms with Gasteiger partial charge in [0.1, 0.15) is 11.4 Å². The average molecular weight is 362 g/mol. The number of Topliss-reactive ketones (excluding diaryl/α,β-unsaturated/α-hetero) is 1. The van der Waals surface area contributed by atoms with E-state index in [-0.39, 0.29) is 11.5 Å². The minimum absolute atomic E-state index is 0.126. The first-order chi connectivity index (χ1) is 11.5. The van der Waals surface area contributed by atoms with Gasteiger partial charge < -0.3 is 15.8 Å². The SMILES string of the molecule is C=C([NH3+])[C@H](C#N)C(=O)CSc1nnc(Nc2cccc(OC)c2)s1. The zero-order valence-corrected chi connectivity index (χ0v) is 14.6. The highest BCUT2D eigenvalue weighted by molar-refractivity contribution is 8.01. The number of hydrogen-bond acceptors (Lipinski definition) is 8. The number of nitriles is 1. The Kier molecular flexibility index (Phi) is 6.31. The Morgan fingerprint density at radius 1 is 1.58 bits per heavy atom. The van der Waals surface area contributed by atoms with Gasteiger partial charge in [0, 0.05) is 11.8 Å². The highest BCUT2D eigenvalue weighted by Gasteiger charge is 2.22. The molecule has 0 aliphatic rings. The van der Waals surface area contributed by atoms with Gasteiger partial charge >= 0.3 is 0 Å². The number of benzene rings is 1. The van der Waals surface area contributed by atoms with E-state index in [0.29, 0.717) is 15.2 Å². The van der Waals surface area contributed by atoms with Crippen LogP contribution in [0.4, 0.5) is 10.8 Å². The van der Waals surface area contributed by atoms with Crippen LogP contribution >= 0.6 is 23.1 Å². The van der Waals surface area contributed by atoms with Gasteiger partial charge in [-0.1, -0.05) is 29.2 Å². The monoisotopic (exact) mass is 362 g/mol. The van der Waals surface area contributed by atoms with Crippen LogP contribution in [0.2, 0.25) is 0 Å². The summed E-state index contributed by atoms with van der Waals surface area (Å²) in [5.41, 5.74) is 4.69. The van der Waals surface area contributed by atoms with Gasteiger partial charge in [-0.05, 0) is 18.7 Å². The summed E-state index contributed by atoms with van der Waals surface area (Å²) < 4.78 is 5.80. The quantitative estimate of drug-likeness (QED) is 0.688. The fourth-order valence-corrected chi connectivity index (χ4v) is 3.43. The van der Waals surface area contributed by atoms with Crippen molar-refractivity contribution in [1.29, 1.82) is 5.26 Å². The smallest absolute Gasteiger partial charge is 0.210 e. The molecule has 9 heteroatoms. The van der Waals surface area contributed by atoms with Gasteiger partial charge in [-0.3, -0.25) is 4.79 Å². The third kappa shape index (κ3) is 4.79. The van der Waals surface area contributed by atoms with Crippen molar-refractivity contribution in [2.45, 2.75) is 4.34 Å². The van der Waals surface area contributed by atoms with Gasteiger partial charge in [0.2, 0.25) is 5.13 Å². The molecule has 0 fully saturated rings. The van der Waals surface area contributed by atoms with E-state index >= 15 is 0 Å². The van der Waals surface area contributed by atoms with Crippen molar-refractivity contribution in [3.63, 3.8) is 0 Å². The summed E-state index contributed by atoms with van der Waals surface area (Å²) in [6, 6.07) is 9.35. The summed E-state index contributed by atoms with van der Waals surface area (Å²) in [6.07, 6.45) is 0. The molecule has 0 aliphatic heterocycles. The van der Waals surface area contributed by atoms with Crippen LogP contribution in [0, 0.1) is 17.2 Å². The number of carbonyl (C=O) groups is 1. The van der Waals surface area contributed by atoms with Gasteiger partial charge in [-0.15, -0.1) is 10.2 Å². The Bertz CT molecular complexity index is 784. The van der Waals surface area contributed by atoms with Gasteiger partial charge in [-0.25, -0.2) is 0 Å². The molecule has 1 heterocycles. The minimum Gasteiger partial charge on any atom is -0.497 e. The Balaban J connectivity index is 1.95. The van der Waals surface area contributed by atoms with Crippen LogP contribution in [0.1, 0.15) is 0 Å². The number of aromatic nitrogens is 2. The summed E-state index contributed by atoms with van der Waals surface area (Å²) in [6.45, 7) is 3.56. The van der Waals surface area contributed by atoms with E-state index in [1.165, 1.54) is 23.1 Å². The van der Waals surface area contributed by atoms with Crippen molar-refractivity contribution in [2.24, 2.45) is 5.92 Å². The third-order valence-electron chi connectivity index (χ3n) is 2.92. The van der Waals surface area contributed by atoms with Crippen LogP contribution in [0.25, 0.3) is 0 Å². The van der Waals surface area contributed by atoms with Crippen molar-refractivity contribution in [3.8, 4) is 11.8 Å². The number of nitrogens with zero attached hydrogens (tertiary/aromatic N) is 3. The normalized spacial score (nSPS) is 11.4. The number of quaternary nitrogens is 1. The first-order valence-electron chi connectivity index (χ1n) is 6.84. The molecular weight excluding hydrogens is 346 g/mol. The lowest BCUT2D eigenvalue weighted by atomic mass is 10.1. The van der Waals surface area contributed by atoms with E-state index < -0.39 is 5.92 Å². The lowest BCUT2D eigenvalue weighted by Gasteiger charge is -2.04. The molecule has 24 heavy (non-hydrogen) atoms. The van der Waals surface area contributed by atoms with Crippen LogP contribution in [0.5, 0.6) is 5.75 Å². The van der Waals surface area contributed by atoms with Gasteiger partial charge in [-0.2, -0.15) is 5.26 Å². The number of methoxy groups -OCH3 is 1. The van der Waals surface area contributed by atoms with Gasteiger partial charge in [0.25, 0.3) is 0 Å². The average Bonchev–Trinajstić information content (AvgIpc) is 3.01. The minimum atomic E-state index is -0.875. The largest absolute Gasteiger partial charge is 0.497 e. The third-order valence-corrected chi connectivity index (χ3v) is 4.92. The van der Waals surface area contributed by atoms with E-state index in [4.69, 9.17) is 10.00 Å². The van der Waals surface area contributed by atoms with Crippen molar-refractivity contribution < 1.29 is 15.3 Å². The Morgan fingerprint density at radius 2 is 2.38 bits per heavy atom. The molecule has 2 aromatic rings. The van der Waals surface area contributed by atoms with Crippen LogP contribution < -0.4 is 15.8 Å². The Morgan fingerprint density at radius 3 is 3.04 bits per heavy atom. The summed E-state index contributed by atoms with van der Waals surface area (Å²) in [7, 11) is 1.60. The second kappa shape index (κ2) is 8.44. The number of anilines is 2. The molecule has 2 rings (SSSR count). The molecular formula is C15H16N5O2S2+. The number of ketones is 1. The highest BCUT2D eigenvalue weighted by atomic mass is 32.2. The lowest BCUT2D eigenvalue weighted by Crippen LogP contribution is -2.51. The maximum absolute atomic E-state index is 11.9. The lowest BCUT2D eigenvalue weighted by molar-refractivity contribution is -0.309. The summed E-state index contributed by atoms with van der Waals surface area (Å²) >= 11 is 2.57. The molecule has 0 unspecified atom stereocenters. The molecule has 0 saturated carbocycles. The van der Waals surface area contributed by atoms with Gasteiger partial charge in [0.05, 0.1) is 18.9 Å². The van der Waals surface area contributed by atoms with Crippen molar-refractivity contribution in [2.75, 3.05) is 18.2 Å². The van der Waals surface area contributed by atoms with Crippen LogP contribution in [0.3, 0.4) is 0 Å². The summed E-state index contributed by atoms with van der Waals surface area (Å²) in [4.78, 5) is 11.9. The fourth-order valence-electron chi connectivity index (χ4n) is 1.75. The zero-order chi connectivity index (χ0) is 17.5. The van der Waals surface area contributed by atoms with E-state index in [9.17, 15) is 4.79 Å². The molecule has 0 bridgehead atoms. The van der Waals surface area contributed by atoms with E-state index in [1.54, 1.807) is 7.11 Å². The molecule has 0 radical (unpaired) electrons. The predicted octanol–water partition coefficient (Wildman–Crippen LogP) is 1.85. The van der Waals surface area contributed by atoms with Gasteiger partial charge in [0.15, 0.2) is 16.0 Å². The van der Waals surface area contributed by atoms with Crippen LogP contribution in [-0.4, -0.2) is 28.8 Å². The first-order valence-corrected chi connectivity index (χ1v) is 8.64. The molecule has 0 amide bonds. The number of hydrogen-bond donors (Lipinski definition) is 2. The summed E-state index contributed by atoms with van der Waals surface area (Å²) in [5.74, 6) is -0.249. The highest BCUT2D eigenvalue weighted by Crippen LogP contribution is 2.29. The second-order valence-electron chi connectivity index (χ2n) is 4.71. The fraction of sp³-hybridized carbons (Fsp3) is 0.200. The number of nitrogens with one attached hydrogen (secondary N) is 1. The Hall–Kier alpha value is -2.41. The van der Waals surface area contributed by atoms with Crippen molar-refractivity contribution >= 4 is 39.7 Å². The van der Waals surface area contributed by atoms with E-state index in [0.717, 1.165) is 11.4 Å². The number of allylic oxidation sites excluding steroid dienone is 1. The first kappa shape index (κ1) is 17.9. The molecule has 0 aliphatic carbocycles. The molecule has 7 nitrogen and oxygen atoms in total. The number of rotatable bonds is 8. The predicted molar refractivity (Wildman–Crippen MR) is 93.0 cm³/mol. The number of ether oxygens (including phenoxy) is 1. The standard InChI is InChI=1S/C15H15N5O2S2/c1-9(17)12(7-16)13(21)8-23-15-20-19-14(24-15)18-10-4-3-5-11(6-10)22-2/h3-6,12H,1,8,17H2,2H3,(H,18,19)/p+1/t12-/m0/s1. The molecule has 0 spiro atoms. The molecule has 4 N–H and O–H groups in total. The molecule has 1 atom stereocenters. The zero-order valence-electron chi connectivity index (χ0n) is 13.0. The molecule has 0 saturated heterocycles. The Labute approximate surface area is 147 Å². The van der Waals surface area contributed by atoms with Crippen molar-refractivity contribution in [1.82, 2.24) is 10.2 Å². The van der Waals surface area contributed by atoms with Crippen LogP contribution in [0.15, 0.2) is 40.9 Å². The molecule has 1 aromatic heterocycles. The topological polar surface area (TPSA) is 116 Å². The van der Waals surface area contributed by atoms with E-state index in [2.05, 4.69) is 27.8 Å². The molecule has 1 aromatic carbocycles. The molecule has 124 valence electrons. The van der Waals surface area contributed by atoms with Crippen LogP contribution in [-0.2, 0) is 4.79 Å². The maximum atomic E-state index is 11.9. The second-order valence-corrected chi connectivity index (χ2v) is 6.91. The van der Waals surface area contributed by atoms with E-state index in [1.807, 2.05) is 30.3 Å². The summed E-state index contributed by atoms with van der Waals surface area (Å²) in [5, 5.41) is 20.7. The number of thioether (sulfide) groups is 1. The number of carbonyl (C=O) groups excluding carboxylic acids is 1. The van der Waals surface area contributed by atoms with Crippen molar-refractivity contribution in [3.05, 3.63) is 36.5 Å². The maximum Gasteiger partial charge on any atom is 0.210 e.